The van der Waals surface area contributed by atoms with E-state index in [0.717, 1.165) is 12.0 Å². The minimum atomic E-state index is -3.77. The monoisotopic (exact) mass is 347 g/mol. The lowest BCUT2D eigenvalue weighted by Crippen LogP contribution is -2.14. The summed E-state index contributed by atoms with van der Waals surface area (Å²) in [4.78, 5) is 11.2. The minimum Gasteiger partial charge on any atom is -0.478 e. The number of carboxylic acids is 1. The van der Waals surface area contributed by atoms with Gasteiger partial charge >= 0.3 is 5.97 Å². The van der Waals surface area contributed by atoms with Crippen molar-refractivity contribution in [3.63, 3.8) is 0 Å². The molecule has 0 bridgehead atoms. The summed E-state index contributed by atoms with van der Waals surface area (Å²) in [6.07, 6.45) is 0.978. The van der Waals surface area contributed by atoms with Gasteiger partial charge in [0.1, 0.15) is 0 Å². The summed E-state index contributed by atoms with van der Waals surface area (Å²) < 4.78 is 27.5. The standard InChI is InChI=1S/C18H21NO4S/c1-4-12(2)14-7-9-16(10-8-14)24(22,23)19-17-11-15(18(20)21)6-5-13(17)3/h5-12,19H,4H2,1-3H3,(H,20,21)/t12-/m0/s1. The Labute approximate surface area is 142 Å². The predicted molar refractivity (Wildman–Crippen MR) is 94.1 cm³/mol. The van der Waals surface area contributed by atoms with Gasteiger partial charge in [-0.1, -0.05) is 32.0 Å². The van der Waals surface area contributed by atoms with Crippen molar-refractivity contribution in [2.75, 3.05) is 4.72 Å². The quantitative estimate of drug-likeness (QED) is 0.827. The Morgan fingerprint density at radius 1 is 1.17 bits per heavy atom. The lowest BCUT2D eigenvalue weighted by atomic mass is 9.99. The van der Waals surface area contributed by atoms with E-state index in [1.807, 2.05) is 12.1 Å². The number of anilines is 1. The van der Waals surface area contributed by atoms with Gasteiger partial charge in [-0.15, -0.1) is 0 Å². The van der Waals surface area contributed by atoms with Gasteiger partial charge in [-0.2, -0.15) is 0 Å². The molecule has 0 aromatic heterocycles. The molecule has 0 saturated carbocycles. The fourth-order valence-electron chi connectivity index (χ4n) is 2.28. The van der Waals surface area contributed by atoms with Crippen LogP contribution in [-0.2, 0) is 10.0 Å². The third kappa shape index (κ3) is 3.94. The summed E-state index contributed by atoms with van der Waals surface area (Å²) in [6.45, 7) is 5.88. The van der Waals surface area contributed by atoms with Crippen LogP contribution in [0.25, 0.3) is 0 Å². The molecule has 0 unspecified atom stereocenters. The molecule has 0 fully saturated rings. The van der Waals surface area contributed by atoms with Gasteiger partial charge in [0.2, 0.25) is 0 Å². The molecule has 2 rings (SSSR count). The van der Waals surface area contributed by atoms with Crippen molar-refractivity contribution in [2.24, 2.45) is 0 Å². The topological polar surface area (TPSA) is 83.5 Å². The van der Waals surface area contributed by atoms with E-state index in [4.69, 9.17) is 5.11 Å². The van der Waals surface area contributed by atoms with Gasteiger partial charge in [-0.3, -0.25) is 4.72 Å². The smallest absolute Gasteiger partial charge is 0.335 e. The zero-order valence-corrected chi connectivity index (χ0v) is 14.7. The number of sulfonamides is 1. The molecule has 1 atom stereocenters. The number of carbonyl (C=O) groups is 1. The molecule has 24 heavy (non-hydrogen) atoms. The van der Waals surface area contributed by atoms with Crippen LogP contribution in [0.15, 0.2) is 47.4 Å². The molecule has 0 heterocycles. The van der Waals surface area contributed by atoms with Crippen molar-refractivity contribution in [1.29, 1.82) is 0 Å². The average molecular weight is 347 g/mol. The first-order valence-corrected chi connectivity index (χ1v) is 9.19. The van der Waals surface area contributed by atoms with Crippen LogP contribution in [0.2, 0.25) is 0 Å². The van der Waals surface area contributed by atoms with Crippen LogP contribution in [0, 0.1) is 6.92 Å². The number of benzene rings is 2. The van der Waals surface area contributed by atoms with E-state index < -0.39 is 16.0 Å². The SMILES string of the molecule is CC[C@H](C)c1ccc(S(=O)(=O)Nc2cc(C(=O)O)ccc2C)cc1. The van der Waals surface area contributed by atoms with E-state index in [1.54, 1.807) is 25.1 Å². The van der Waals surface area contributed by atoms with Gasteiger partial charge < -0.3 is 5.11 Å². The highest BCUT2D eigenvalue weighted by Crippen LogP contribution is 2.24. The maximum Gasteiger partial charge on any atom is 0.335 e. The Balaban J connectivity index is 2.32. The molecule has 0 radical (unpaired) electrons. The number of rotatable bonds is 6. The molecule has 2 aromatic carbocycles. The fraction of sp³-hybridized carbons (Fsp3) is 0.278. The minimum absolute atomic E-state index is 0.0328. The molecule has 0 saturated heterocycles. The Morgan fingerprint density at radius 2 is 1.79 bits per heavy atom. The Morgan fingerprint density at radius 3 is 2.33 bits per heavy atom. The van der Waals surface area contributed by atoms with E-state index in [-0.39, 0.29) is 16.1 Å². The average Bonchev–Trinajstić information content (AvgIpc) is 2.55. The van der Waals surface area contributed by atoms with Crippen molar-refractivity contribution in [2.45, 2.75) is 38.0 Å². The van der Waals surface area contributed by atoms with Crippen molar-refractivity contribution in [3.05, 3.63) is 59.2 Å². The molecule has 2 N–H and O–H groups in total. The molecule has 0 aliphatic carbocycles. The number of aromatic carboxylic acids is 1. The molecule has 0 amide bonds. The van der Waals surface area contributed by atoms with Gasteiger partial charge in [-0.25, -0.2) is 13.2 Å². The predicted octanol–water partition coefficient (Wildman–Crippen LogP) is 4.01. The maximum absolute atomic E-state index is 12.5. The Hall–Kier alpha value is -2.34. The summed E-state index contributed by atoms with van der Waals surface area (Å²) in [5, 5.41) is 9.04. The van der Waals surface area contributed by atoms with Crippen molar-refractivity contribution in [3.8, 4) is 0 Å². The van der Waals surface area contributed by atoms with Crippen LogP contribution in [0.5, 0.6) is 0 Å². The number of aryl methyl sites for hydroxylation is 1. The van der Waals surface area contributed by atoms with Crippen LogP contribution in [0.1, 0.15) is 47.7 Å². The fourth-order valence-corrected chi connectivity index (χ4v) is 3.40. The van der Waals surface area contributed by atoms with Gasteiger partial charge in [0, 0.05) is 0 Å². The molecular formula is C18H21NO4S. The first kappa shape index (κ1) is 18.0. The number of hydrogen-bond acceptors (Lipinski definition) is 3. The number of carboxylic acid groups (broad SMARTS) is 1. The van der Waals surface area contributed by atoms with Crippen molar-refractivity contribution in [1.82, 2.24) is 0 Å². The third-order valence-corrected chi connectivity index (χ3v) is 5.48. The highest BCUT2D eigenvalue weighted by molar-refractivity contribution is 7.92. The molecule has 0 spiro atoms. The Bertz CT molecular complexity index is 842. The molecular weight excluding hydrogens is 326 g/mol. The normalized spacial score (nSPS) is 12.6. The van der Waals surface area contributed by atoms with Gasteiger partial charge in [-0.05, 0) is 54.7 Å². The summed E-state index contributed by atoms with van der Waals surface area (Å²) in [5.74, 6) is -0.738. The summed E-state index contributed by atoms with van der Waals surface area (Å²) in [7, 11) is -3.77. The number of hydrogen-bond donors (Lipinski definition) is 2. The first-order valence-electron chi connectivity index (χ1n) is 7.71. The molecule has 0 aliphatic heterocycles. The second-order valence-electron chi connectivity index (χ2n) is 5.82. The largest absolute Gasteiger partial charge is 0.478 e. The second kappa shape index (κ2) is 7.05. The summed E-state index contributed by atoms with van der Waals surface area (Å²) in [5.41, 5.74) is 2.03. The van der Waals surface area contributed by atoms with E-state index in [2.05, 4.69) is 18.6 Å². The van der Waals surface area contributed by atoms with Crippen LogP contribution in [0.4, 0.5) is 5.69 Å². The van der Waals surface area contributed by atoms with Crippen LogP contribution >= 0.6 is 0 Å². The van der Waals surface area contributed by atoms with E-state index in [1.165, 1.54) is 12.1 Å². The van der Waals surface area contributed by atoms with Gasteiger partial charge in [0.15, 0.2) is 0 Å². The van der Waals surface area contributed by atoms with Crippen LogP contribution in [-0.4, -0.2) is 19.5 Å². The first-order chi connectivity index (χ1) is 11.2. The summed E-state index contributed by atoms with van der Waals surface area (Å²) in [6, 6.07) is 11.1. The maximum atomic E-state index is 12.5. The molecule has 5 nitrogen and oxygen atoms in total. The molecule has 128 valence electrons. The second-order valence-corrected chi connectivity index (χ2v) is 7.50. The van der Waals surface area contributed by atoms with Gasteiger partial charge in [0.25, 0.3) is 10.0 Å². The Kier molecular flexibility index (Phi) is 5.29. The van der Waals surface area contributed by atoms with Crippen molar-refractivity contribution < 1.29 is 18.3 Å². The van der Waals surface area contributed by atoms with E-state index in [9.17, 15) is 13.2 Å². The van der Waals surface area contributed by atoms with E-state index >= 15 is 0 Å². The number of nitrogens with one attached hydrogen (secondary N) is 1. The zero-order chi connectivity index (χ0) is 17.9. The lowest BCUT2D eigenvalue weighted by Gasteiger charge is -2.13. The lowest BCUT2D eigenvalue weighted by molar-refractivity contribution is 0.0697. The molecule has 6 heteroatoms. The van der Waals surface area contributed by atoms with Gasteiger partial charge in [0.05, 0.1) is 16.1 Å². The van der Waals surface area contributed by atoms with Crippen molar-refractivity contribution >= 4 is 21.7 Å². The zero-order valence-electron chi connectivity index (χ0n) is 13.9. The van der Waals surface area contributed by atoms with Crippen LogP contribution < -0.4 is 4.72 Å². The van der Waals surface area contributed by atoms with E-state index in [0.29, 0.717) is 11.5 Å². The van der Waals surface area contributed by atoms with Crippen LogP contribution in [0.3, 0.4) is 0 Å². The highest BCUT2D eigenvalue weighted by Gasteiger charge is 2.17. The molecule has 0 aliphatic rings. The third-order valence-electron chi connectivity index (χ3n) is 4.10. The summed E-state index contributed by atoms with van der Waals surface area (Å²) >= 11 is 0. The highest BCUT2D eigenvalue weighted by atomic mass is 32.2. The molecule has 2 aromatic rings.